The molecule has 0 unspecified atom stereocenters. The van der Waals surface area contributed by atoms with Gasteiger partial charge in [-0.25, -0.2) is 0 Å². The number of carbonyl (C=O) groups excluding carboxylic acids is 1. The Bertz CT molecular complexity index is 106. The second kappa shape index (κ2) is 2.37. The maximum Gasteiger partial charge on any atom is 0.279 e. The van der Waals surface area contributed by atoms with Crippen molar-refractivity contribution in [2.45, 2.75) is 6.04 Å². The molecule has 1 heterocycles. The first-order valence-corrected chi connectivity index (χ1v) is 3.35. The van der Waals surface area contributed by atoms with E-state index < -0.39 is 0 Å². The lowest BCUT2D eigenvalue weighted by Gasteiger charge is -2.00. The predicted molar refractivity (Wildman–Crippen MR) is 31.9 cm³/mol. The fourth-order valence-electron chi connectivity index (χ4n) is 0.525. The van der Waals surface area contributed by atoms with Crippen LogP contribution in [0.4, 0.5) is 4.79 Å². The molecule has 0 saturated carbocycles. The summed E-state index contributed by atoms with van der Waals surface area (Å²) in [5, 5.41) is 11.0. The molecule has 46 valence electrons. The van der Waals surface area contributed by atoms with Gasteiger partial charge in [-0.05, 0) is 0 Å². The van der Waals surface area contributed by atoms with Gasteiger partial charge in [-0.2, -0.15) is 0 Å². The number of nitrogens with one attached hydrogen (secondary N) is 1. The molecular weight excluding hydrogens is 126 g/mol. The maximum atomic E-state index is 10.4. The van der Waals surface area contributed by atoms with Gasteiger partial charge in [-0.3, -0.25) is 4.79 Å². The largest absolute Gasteiger partial charge is 0.394 e. The maximum absolute atomic E-state index is 10.4. The molecule has 1 aliphatic heterocycles. The summed E-state index contributed by atoms with van der Waals surface area (Å²) in [6.07, 6.45) is 0. The molecule has 0 bridgehead atoms. The van der Waals surface area contributed by atoms with E-state index in [-0.39, 0.29) is 17.9 Å². The van der Waals surface area contributed by atoms with E-state index in [1.54, 1.807) is 0 Å². The monoisotopic (exact) mass is 133 g/mol. The molecular formula is C4H7NO2S. The van der Waals surface area contributed by atoms with Crippen LogP contribution in [0.15, 0.2) is 0 Å². The van der Waals surface area contributed by atoms with Crippen molar-refractivity contribution in [3.8, 4) is 0 Å². The third kappa shape index (κ3) is 1.14. The second-order valence-corrected chi connectivity index (χ2v) is 2.62. The van der Waals surface area contributed by atoms with Crippen molar-refractivity contribution in [3.63, 3.8) is 0 Å². The molecule has 3 nitrogen and oxygen atoms in total. The third-order valence-electron chi connectivity index (χ3n) is 0.958. The highest BCUT2D eigenvalue weighted by molar-refractivity contribution is 8.13. The van der Waals surface area contributed by atoms with Gasteiger partial charge in [0, 0.05) is 5.75 Å². The van der Waals surface area contributed by atoms with Crippen molar-refractivity contribution in [3.05, 3.63) is 0 Å². The molecule has 0 aromatic heterocycles. The highest BCUT2D eigenvalue weighted by Gasteiger charge is 2.19. The van der Waals surface area contributed by atoms with Gasteiger partial charge in [0.15, 0.2) is 0 Å². The first-order valence-electron chi connectivity index (χ1n) is 2.37. The zero-order valence-corrected chi connectivity index (χ0v) is 5.07. The molecule has 1 rings (SSSR count). The Morgan fingerprint density at radius 3 is 3.00 bits per heavy atom. The lowest BCUT2D eigenvalue weighted by Crippen LogP contribution is -2.29. The van der Waals surface area contributed by atoms with Crippen LogP contribution in [-0.4, -0.2) is 28.7 Å². The van der Waals surface area contributed by atoms with Crippen LogP contribution in [0.1, 0.15) is 0 Å². The zero-order valence-electron chi connectivity index (χ0n) is 4.26. The van der Waals surface area contributed by atoms with Crippen molar-refractivity contribution < 1.29 is 9.90 Å². The van der Waals surface area contributed by atoms with Crippen molar-refractivity contribution in [2.75, 3.05) is 12.4 Å². The number of aliphatic hydroxyl groups is 1. The normalized spacial score (nSPS) is 28.1. The summed E-state index contributed by atoms with van der Waals surface area (Å²) in [6, 6.07) is -0.00694. The molecule has 1 aliphatic rings. The Balaban J connectivity index is 2.32. The van der Waals surface area contributed by atoms with Crippen LogP contribution >= 0.6 is 11.8 Å². The van der Waals surface area contributed by atoms with Crippen molar-refractivity contribution in [1.29, 1.82) is 0 Å². The van der Waals surface area contributed by atoms with Gasteiger partial charge < -0.3 is 10.4 Å². The molecule has 2 N–H and O–H groups in total. The predicted octanol–water partition coefficient (Wildman–Crippen LogP) is -0.196. The number of carbonyl (C=O) groups is 1. The first kappa shape index (κ1) is 5.91. The average molecular weight is 133 g/mol. The lowest BCUT2D eigenvalue weighted by atomic mass is 10.4. The molecule has 0 aliphatic carbocycles. The van der Waals surface area contributed by atoms with Crippen molar-refractivity contribution in [2.24, 2.45) is 0 Å². The lowest BCUT2D eigenvalue weighted by molar-refractivity contribution is 0.241. The number of hydrogen-bond donors (Lipinski definition) is 2. The SMILES string of the molecule is O=C1N[C@@H](CO)CS1. The van der Waals surface area contributed by atoms with Crippen LogP contribution in [0.2, 0.25) is 0 Å². The minimum absolute atomic E-state index is 0.00694. The fraction of sp³-hybridized carbons (Fsp3) is 0.750. The van der Waals surface area contributed by atoms with Crippen LogP contribution in [0, 0.1) is 0 Å². The Labute approximate surface area is 51.5 Å². The van der Waals surface area contributed by atoms with Gasteiger partial charge in [-0.1, -0.05) is 11.8 Å². The van der Waals surface area contributed by atoms with Crippen LogP contribution < -0.4 is 5.32 Å². The smallest absolute Gasteiger partial charge is 0.279 e. The highest BCUT2D eigenvalue weighted by atomic mass is 32.2. The summed E-state index contributed by atoms with van der Waals surface area (Å²) in [4.78, 5) is 10.4. The molecule has 1 atom stereocenters. The molecule has 1 saturated heterocycles. The van der Waals surface area contributed by atoms with E-state index in [4.69, 9.17) is 5.11 Å². The van der Waals surface area contributed by atoms with Crippen LogP contribution in [-0.2, 0) is 0 Å². The van der Waals surface area contributed by atoms with Gasteiger partial charge >= 0.3 is 0 Å². The van der Waals surface area contributed by atoms with E-state index in [2.05, 4.69) is 5.32 Å². The molecule has 1 fully saturated rings. The minimum atomic E-state index is -0.0240. The van der Waals surface area contributed by atoms with Crippen LogP contribution in [0.3, 0.4) is 0 Å². The second-order valence-electron chi connectivity index (χ2n) is 1.62. The quantitative estimate of drug-likeness (QED) is 0.521. The molecule has 4 heteroatoms. The van der Waals surface area contributed by atoms with Gasteiger partial charge in [0.1, 0.15) is 0 Å². The van der Waals surface area contributed by atoms with E-state index in [0.29, 0.717) is 5.75 Å². The molecule has 8 heavy (non-hydrogen) atoms. The Kier molecular flexibility index (Phi) is 1.75. The number of aliphatic hydroxyl groups excluding tert-OH is 1. The Hall–Kier alpha value is -0.220. The molecule has 0 spiro atoms. The van der Waals surface area contributed by atoms with Crippen LogP contribution in [0.25, 0.3) is 0 Å². The van der Waals surface area contributed by atoms with Crippen molar-refractivity contribution in [1.82, 2.24) is 5.32 Å². The van der Waals surface area contributed by atoms with Gasteiger partial charge in [0.05, 0.1) is 12.6 Å². The molecule has 0 aromatic rings. The van der Waals surface area contributed by atoms with Gasteiger partial charge in [0.2, 0.25) is 0 Å². The van der Waals surface area contributed by atoms with Crippen LogP contribution in [0.5, 0.6) is 0 Å². The van der Waals surface area contributed by atoms with Crippen molar-refractivity contribution >= 4 is 17.0 Å². The third-order valence-corrected chi connectivity index (χ3v) is 1.91. The van der Waals surface area contributed by atoms with E-state index in [1.807, 2.05) is 0 Å². The summed E-state index contributed by atoms with van der Waals surface area (Å²) < 4.78 is 0. The van der Waals surface area contributed by atoms with E-state index in [0.717, 1.165) is 0 Å². The topological polar surface area (TPSA) is 49.3 Å². The number of hydrogen-bond acceptors (Lipinski definition) is 3. The van der Waals surface area contributed by atoms with E-state index in [1.165, 1.54) is 11.8 Å². The number of thioether (sulfide) groups is 1. The summed E-state index contributed by atoms with van der Waals surface area (Å²) >= 11 is 1.22. The number of rotatable bonds is 1. The van der Waals surface area contributed by atoms with E-state index in [9.17, 15) is 4.79 Å². The average Bonchev–Trinajstić information content (AvgIpc) is 2.14. The van der Waals surface area contributed by atoms with Gasteiger partial charge in [0.25, 0.3) is 5.24 Å². The molecule has 0 aromatic carbocycles. The zero-order chi connectivity index (χ0) is 5.98. The summed E-state index contributed by atoms with van der Waals surface area (Å²) in [6.45, 7) is 0.0543. The van der Waals surface area contributed by atoms with E-state index >= 15 is 0 Å². The number of amides is 1. The summed E-state index contributed by atoms with van der Waals surface area (Å²) in [5.74, 6) is 0.704. The first-order chi connectivity index (χ1) is 3.83. The van der Waals surface area contributed by atoms with Gasteiger partial charge in [-0.15, -0.1) is 0 Å². The molecule has 0 radical (unpaired) electrons. The highest BCUT2D eigenvalue weighted by Crippen LogP contribution is 2.11. The summed E-state index contributed by atoms with van der Waals surface area (Å²) in [5.41, 5.74) is 0. The minimum Gasteiger partial charge on any atom is -0.394 e. The molecule has 1 amide bonds. The standard InChI is InChI=1S/C4H7NO2S/c6-1-3-2-8-4(7)5-3/h3,6H,1-2H2,(H,5,7)/t3-/m0/s1. The fourth-order valence-corrected chi connectivity index (χ4v) is 1.32. The Morgan fingerprint density at radius 2 is 2.75 bits per heavy atom. The summed E-state index contributed by atoms with van der Waals surface area (Å²) in [7, 11) is 0. The Morgan fingerprint density at radius 1 is 2.00 bits per heavy atom.